The van der Waals surface area contributed by atoms with E-state index in [0.29, 0.717) is 19.0 Å². The van der Waals surface area contributed by atoms with Gasteiger partial charge in [-0.2, -0.15) is 13.2 Å². The third kappa shape index (κ3) is 10.4. The van der Waals surface area contributed by atoms with Crippen molar-refractivity contribution in [1.82, 2.24) is 15.6 Å². The summed E-state index contributed by atoms with van der Waals surface area (Å²) < 4.78 is 36.3. The number of unbranched alkanes of at least 4 members (excludes halogenated alkanes) is 1. The molecular weight excluding hydrogens is 307 g/mol. The highest BCUT2D eigenvalue weighted by Gasteiger charge is 2.26. The van der Waals surface area contributed by atoms with Crippen molar-refractivity contribution >= 4 is 11.8 Å². The van der Waals surface area contributed by atoms with Gasteiger partial charge in [-0.05, 0) is 31.9 Å². The fourth-order valence-electron chi connectivity index (χ4n) is 1.78. The topological polar surface area (TPSA) is 61.3 Å². The van der Waals surface area contributed by atoms with Crippen LogP contribution in [0, 0.1) is 0 Å². The molecule has 0 aromatic carbocycles. The van der Waals surface area contributed by atoms with Gasteiger partial charge in [0.15, 0.2) is 5.96 Å². The lowest BCUT2D eigenvalue weighted by atomic mass is 10.3. The molecule has 0 spiro atoms. The van der Waals surface area contributed by atoms with Gasteiger partial charge in [0, 0.05) is 32.4 Å². The standard InChI is InChI=1S/C15H24F3N5/c1-2-19-14(23-12-8-15(16,17)18)22-11-6-5-10-21-13-7-3-4-9-20-13/h3-4,7,9H,2,5-6,8,10-12H2,1H3,(H,20,21)(H2,19,22,23). The molecule has 3 N–H and O–H groups in total. The van der Waals surface area contributed by atoms with Crippen molar-refractivity contribution in [1.29, 1.82) is 0 Å². The summed E-state index contributed by atoms with van der Waals surface area (Å²) in [7, 11) is 0. The van der Waals surface area contributed by atoms with Crippen molar-refractivity contribution in [3.05, 3.63) is 24.4 Å². The average molecular weight is 331 g/mol. The van der Waals surface area contributed by atoms with Crippen molar-refractivity contribution in [2.75, 3.05) is 31.5 Å². The molecule has 1 aromatic rings. The molecule has 23 heavy (non-hydrogen) atoms. The number of guanidine groups is 1. The van der Waals surface area contributed by atoms with Crippen LogP contribution in [-0.2, 0) is 0 Å². The zero-order valence-electron chi connectivity index (χ0n) is 13.3. The first-order valence-electron chi connectivity index (χ1n) is 7.75. The molecule has 0 unspecified atom stereocenters. The molecule has 0 bridgehead atoms. The Kier molecular flexibility index (Phi) is 8.86. The number of hydrogen-bond donors (Lipinski definition) is 3. The lowest BCUT2D eigenvalue weighted by Gasteiger charge is -2.12. The first-order valence-corrected chi connectivity index (χ1v) is 7.75. The van der Waals surface area contributed by atoms with Crippen molar-refractivity contribution in [2.45, 2.75) is 32.4 Å². The van der Waals surface area contributed by atoms with Gasteiger partial charge in [-0.15, -0.1) is 0 Å². The summed E-state index contributed by atoms with van der Waals surface area (Å²) in [6.45, 7) is 3.66. The third-order valence-corrected chi connectivity index (χ3v) is 2.87. The Morgan fingerprint density at radius 2 is 2.00 bits per heavy atom. The number of aliphatic imine (C=N–C) groups is 1. The van der Waals surface area contributed by atoms with Crippen LogP contribution in [0.5, 0.6) is 0 Å². The third-order valence-electron chi connectivity index (χ3n) is 2.87. The van der Waals surface area contributed by atoms with Crippen LogP contribution >= 0.6 is 0 Å². The molecule has 0 fully saturated rings. The van der Waals surface area contributed by atoms with Gasteiger partial charge < -0.3 is 16.0 Å². The number of hydrogen-bond acceptors (Lipinski definition) is 3. The highest BCUT2D eigenvalue weighted by Crippen LogP contribution is 2.17. The van der Waals surface area contributed by atoms with Crippen molar-refractivity contribution in [2.24, 2.45) is 4.99 Å². The van der Waals surface area contributed by atoms with Crippen molar-refractivity contribution < 1.29 is 13.2 Å². The van der Waals surface area contributed by atoms with E-state index in [9.17, 15) is 13.2 Å². The maximum atomic E-state index is 12.1. The Morgan fingerprint density at radius 1 is 1.17 bits per heavy atom. The quantitative estimate of drug-likeness (QED) is 0.370. The van der Waals surface area contributed by atoms with Gasteiger partial charge in [-0.1, -0.05) is 6.07 Å². The molecule has 0 aliphatic rings. The van der Waals surface area contributed by atoms with Crippen molar-refractivity contribution in [3.8, 4) is 0 Å². The number of halogens is 3. The first-order chi connectivity index (χ1) is 11.0. The van der Waals surface area contributed by atoms with E-state index in [0.717, 1.165) is 25.2 Å². The second kappa shape index (κ2) is 10.7. The van der Waals surface area contributed by atoms with Gasteiger partial charge >= 0.3 is 6.18 Å². The number of rotatable bonds is 9. The average Bonchev–Trinajstić information content (AvgIpc) is 2.50. The van der Waals surface area contributed by atoms with E-state index < -0.39 is 12.6 Å². The number of nitrogens with zero attached hydrogens (tertiary/aromatic N) is 2. The van der Waals surface area contributed by atoms with E-state index in [4.69, 9.17) is 0 Å². The predicted octanol–water partition coefficient (Wildman–Crippen LogP) is 2.78. The summed E-state index contributed by atoms with van der Waals surface area (Å²) in [4.78, 5) is 8.41. The molecule has 8 heteroatoms. The first kappa shape index (κ1) is 19.1. The summed E-state index contributed by atoms with van der Waals surface area (Å²) in [5.74, 6) is 1.26. The van der Waals surface area contributed by atoms with Crippen molar-refractivity contribution in [3.63, 3.8) is 0 Å². The Hall–Kier alpha value is -1.99. The fraction of sp³-hybridized carbons (Fsp3) is 0.600. The van der Waals surface area contributed by atoms with Gasteiger partial charge in [0.05, 0.1) is 6.42 Å². The second-order valence-corrected chi connectivity index (χ2v) is 4.90. The Balaban J connectivity index is 2.18. The minimum Gasteiger partial charge on any atom is -0.370 e. The highest BCUT2D eigenvalue weighted by molar-refractivity contribution is 5.79. The van der Waals surface area contributed by atoms with E-state index in [1.165, 1.54) is 0 Å². The smallest absolute Gasteiger partial charge is 0.370 e. The normalized spacial score (nSPS) is 12.1. The molecule has 0 saturated heterocycles. The lowest BCUT2D eigenvalue weighted by molar-refractivity contribution is -0.132. The van der Waals surface area contributed by atoms with Gasteiger partial charge in [-0.25, -0.2) is 4.98 Å². The predicted molar refractivity (Wildman–Crippen MR) is 86.6 cm³/mol. The zero-order valence-corrected chi connectivity index (χ0v) is 13.3. The van der Waals surface area contributed by atoms with Gasteiger partial charge in [0.1, 0.15) is 5.82 Å². The molecule has 0 aliphatic heterocycles. The molecule has 0 saturated carbocycles. The Labute approximate surface area is 134 Å². The molecule has 1 rings (SSSR count). The zero-order chi connectivity index (χ0) is 17.0. The van der Waals surface area contributed by atoms with E-state index in [1.54, 1.807) is 6.20 Å². The largest absolute Gasteiger partial charge is 0.390 e. The molecule has 0 amide bonds. The number of alkyl halides is 3. The van der Waals surface area contributed by atoms with E-state index in [2.05, 4.69) is 25.9 Å². The Morgan fingerprint density at radius 3 is 2.65 bits per heavy atom. The molecule has 1 heterocycles. The van der Waals surface area contributed by atoms with Crippen LogP contribution < -0.4 is 16.0 Å². The second-order valence-electron chi connectivity index (χ2n) is 4.90. The van der Waals surface area contributed by atoms with E-state index in [1.807, 2.05) is 25.1 Å². The lowest BCUT2D eigenvalue weighted by Crippen LogP contribution is -2.39. The van der Waals surface area contributed by atoms with Crippen LogP contribution in [0.15, 0.2) is 29.4 Å². The molecule has 1 aromatic heterocycles. The summed E-state index contributed by atoms with van der Waals surface area (Å²) in [6, 6.07) is 5.66. The van der Waals surface area contributed by atoms with Crippen LogP contribution in [-0.4, -0.2) is 43.3 Å². The van der Waals surface area contributed by atoms with Crippen LogP contribution in [0.1, 0.15) is 26.2 Å². The number of anilines is 1. The SMILES string of the molecule is CCNC(=NCCCCNc1ccccn1)NCCC(F)(F)F. The minimum atomic E-state index is -4.15. The minimum absolute atomic E-state index is 0.170. The Bertz CT molecular complexity index is 448. The van der Waals surface area contributed by atoms with Gasteiger partial charge in [0.2, 0.25) is 0 Å². The number of nitrogens with one attached hydrogen (secondary N) is 3. The molecule has 0 atom stereocenters. The maximum absolute atomic E-state index is 12.1. The van der Waals surface area contributed by atoms with Crippen LogP contribution in [0.4, 0.5) is 19.0 Å². The molecule has 130 valence electrons. The summed E-state index contributed by atoms with van der Waals surface area (Å²) in [6.07, 6.45) is -1.55. The van der Waals surface area contributed by atoms with Crippen LogP contribution in [0.2, 0.25) is 0 Å². The van der Waals surface area contributed by atoms with E-state index >= 15 is 0 Å². The van der Waals surface area contributed by atoms with Gasteiger partial charge in [0.25, 0.3) is 0 Å². The maximum Gasteiger partial charge on any atom is 0.390 e. The van der Waals surface area contributed by atoms with E-state index in [-0.39, 0.29) is 6.54 Å². The summed E-state index contributed by atoms with van der Waals surface area (Å²) in [5, 5.41) is 8.81. The fourth-order valence-corrected chi connectivity index (χ4v) is 1.78. The number of pyridine rings is 1. The van der Waals surface area contributed by atoms with Gasteiger partial charge in [-0.3, -0.25) is 4.99 Å². The highest BCUT2D eigenvalue weighted by atomic mass is 19.4. The molecule has 5 nitrogen and oxygen atoms in total. The number of aromatic nitrogens is 1. The molecular formula is C15H24F3N5. The molecule has 0 radical (unpaired) electrons. The van der Waals surface area contributed by atoms with Crippen LogP contribution in [0.25, 0.3) is 0 Å². The van der Waals surface area contributed by atoms with Crippen LogP contribution in [0.3, 0.4) is 0 Å². The molecule has 0 aliphatic carbocycles. The monoisotopic (exact) mass is 331 g/mol. The summed E-state index contributed by atoms with van der Waals surface area (Å²) in [5.41, 5.74) is 0. The summed E-state index contributed by atoms with van der Waals surface area (Å²) >= 11 is 0.